The van der Waals surface area contributed by atoms with Crippen LogP contribution < -0.4 is 10.1 Å². The highest BCUT2D eigenvalue weighted by Gasteiger charge is 2.07. The molecule has 7 heteroatoms. The SMILES string of the molecule is CCNC(=NCCCn1cnc2ccccc21)N(C)Cc1ccc(OC)cc1.I. The fraction of sp³-hybridized carbons (Fsp3) is 0.364. The average molecular weight is 507 g/mol. The van der Waals surface area contributed by atoms with Crippen molar-refractivity contribution in [1.29, 1.82) is 0 Å². The van der Waals surface area contributed by atoms with E-state index >= 15 is 0 Å². The number of aromatic nitrogens is 2. The molecular weight excluding hydrogens is 477 g/mol. The Labute approximate surface area is 190 Å². The third-order valence-corrected chi connectivity index (χ3v) is 4.62. The summed E-state index contributed by atoms with van der Waals surface area (Å²) in [6.07, 6.45) is 2.88. The topological polar surface area (TPSA) is 54.7 Å². The predicted molar refractivity (Wildman–Crippen MR) is 130 cm³/mol. The second-order valence-electron chi connectivity index (χ2n) is 6.72. The van der Waals surface area contributed by atoms with Crippen molar-refractivity contribution >= 4 is 41.0 Å². The highest BCUT2D eigenvalue weighted by Crippen LogP contribution is 2.13. The van der Waals surface area contributed by atoms with Crippen molar-refractivity contribution in [3.05, 3.63) is 60.4 Å². The lowest BCUT2D eigenvalue weighted by Gasteiger charge is -2.22. The van der Waals surface area contributed by atoms with E-state index in [9.17, 15) is 0 Å². The number of nitrogens with one attached hydrogen (secondary N) is 1. The molecule has 1 aromatic heterocycles. The minimum Gasteiger partial charge on any atom is -0.497 e. The molecule has 0 radical (unpaired) electrons. The highest BCUT2D eigenvalue weighted by atomic mass is 127. The normalized spacial score (nSPS) is 11.2. The quantitative estimate of drug-likeness (QED) is 0.216. The van der Waals surface area contributed by atoms with E-state index in [1.807, 2.05) is 30.6 Å². The van der Waals surface area contributed by atoms with Crippen LogP contribution in [-0.2, 0) is 13.1 Å². The molecule has 0 saturated heterocycles. The molecule has 0 fully saturated rings. The number of imidazole rings is 1. The second-order valence-corrected chi connectivity index (χ2v) is 6.72. The lowest BCUT2D eigenvalue weighted by Crippen LogP contribution is -2.38. The number of hydrogen-bond donors (Lipinski definition) is 1. The number of rotatable bonds is 8. The minimum atomic E-state index is 0. The van der Waals surface area contributed by atoms with Gasteiger partial charge in [-0.2, -0.15) is 0 Å². The Morgan fingerprint density at radius 2 is 1.93 bits per heavy atom. The first-order valence-electron chi connectivity index (χ1n) is 9.73. The molecule has 0 atom stereocenters. The molecule has 0 spiro atoms. The number of benzene rings is 2. The third kappa shape index (κ3) is 6.35. The number of nitrogens with zero attached hydrogens (tertiary/aromatic N) is 4. The maximum Gasteiger partial charge on any atom is 0.193 e. The van der Waals surface area contributed by atoms with Gasteiger partial charge in [0.1, 0.15) is 5.75 Å². The van der Waals surface area contributed by atoms with E-state index in [0.29, 0.717) is 0 Å². The number of para-hydroxylation sites is 2. The van der Waals surface area contributed by atoms with E-state index in [2.05, 4.69) is 58.0 Å². The van der Waals surface area contributed by atoms with Crippen LogP contribution in [0.2, 0.25) is 0 Å². The Morgan fingerprint density at radius 3 is 2.66 bits per heavy atom. The van der Waals surface area contributed by atoms with Gasteiger partial charge >= 0.3 is 0 Å². The molecular formula is C22H30IN5O. The molecule has 6 nitrogen and oxygen atoms in total. The molecule has 3 aromatic rings. The molecule has 0 amide bonds. The number of methoxy groups -OCH3 is 1. The first kappa shape index (κ1) is 23.0. The summed E-state index contributed by atoms with van der Waals surface area (Å²) in [6.45, 7) is 5.40. The van der Waals surface area contributed by atoms with E-state index in [4.69, 9.17) is 9.73 Å². The van der Waals surface area contributed by atoms with Crippen molar-refractivity contribution < 1.29 is 4.74 Å². The monoisotopic (exact) mass is 507 g/mol. The molecule has 1 N–H and O–H groups in total. The van der Waals surface area contributed by atoms with Gasteiger partial charge < -0.3 is 19.5 Å². The van der Waals surface area contributed by atoms with Crippen molar-refractivity contribution in [2.45, 2.75) is 26.4 Å². The standard InChI is InChI=1S/C22H29N5O.HI/c1-4-23-22(26(2)16-18-10-12-19(28-3)13-11-18)24-14-7-15-27-17-25-20-8-5-6-9-21(20)27;/h5-6,8-13,17H,4,7,14-16H2,1-3H3,(H,23,24);1H. The molecule has 156 valence electrons. The Bertz CT molecular complexity index is 907. The van der Waals surface area contributed by atoms with Crippen LogP contribution in [0, 0.1) is 0 Å². The number of halogens is 1. The minimum absolute atomic E-state index is 0. The number of ether oxygens (including phenoxy) is 1. The average Bonchev–Trinajstić information content (AvgIpc) is 3.14. The van der Waals surface area contributed by atoms with Gasteiger partial charge in [-0.1, -0.05) is 24.3 Å². The smallest absolute Gasteiger partial charge is 0.193 e. The number of fused-ring (bicyclic) bond motifs is 1. The number of aliphatic imine (C=N–C) groups is 1. The van der Waals surface area contributed by atoms with Gasteiger partial charge in [-0.15, -0.1) is 24.0 Å². The molecule has 0 unspecified atom stereocenters. The van der Waals surface area contributed by atoms with Crippen LogP contribution in [0.1, 0.15) is 18.9 Å². The Balaban J connectivity index is 0.00000300. The Kier molecular flexibility index (Phi) is 9.24. The summed E-state index contributed by atoms with van der Waals surface area (Å²) in [7, 11) is 3.75. The molecule has 1 heterocycles. The van der Waals surface area contributed by atoms with Gasteiger partial charge in [0.25, 0.3) is 0 Å². The van der Waals surface area contributed by atoms with E-state index in [-0.39, 0.29) is 24.0 Å². The van der Waals surface area contributed by atoms with Crippen LogP contribution in [0.15, 0.2) is 59.9 Å². The van der Waals surface area contributed by atoms with Crippen LogP contribution in [0.3, 0.4) is 0 Å². The van der Waals surface area contributed by atoms with Crippen LogP contribution in [-0.4, -0.2) is 47.7 Å². The van der Waals surface area contributed by atoms with Gasteiger partial charge in [-0.25, -0.2) is 4.98 Å². The van der Waals surface area contributed by atoms with Crippen LogP contribution in [0.25, 0.3) is 11.0 Å². The van der Waals surface area contributed by atoms with Gasteiger partial charge in [0, 0.05) is 33.2 Å². The van der Waals surface area contributed by atoms with Gasteiger partial charge in [0.2, 0.25) is 0 Å². The van der Waals surface area contributed by atoms with Gasteiger partial charge in [0.05, 0.1) is 24.5 Å². The molecule has 0 aliphatic heterocycles. The maximum atomic E-state index is 5.23. The zero-order chi connectivity index (χ0) is 19.8. The van der Waals surface area contributed by atoms with E-state index in [1.165, 1.54) is 11.1 Å². The molecule has 0 bridgehead atoms. The summed E-state index contributed by atoms with van der Waals surface area (Å²) >= 11 is 0. The Morgan fingerprint density at radius 1 is 1.17 bits per heavy atom. The fourth-order valence-electron chi connectivity index (χ4n) is 3.16. The molecule has 29 heavy (non-hydrogen) atoms. The number of guanidine groups is 1. The van der Waals surface area contributed by atoms with Crippen LogP contribution >= 0.6 is 24.0 Å². The zero-order valence-electron chi connectivity index (χ0n) is 17.3. The summed E-state index contributed by atoms with van der Waals surface area (Å²) in [5.74, 6) is 1.80. The second kappa shape index (κ2) is 11.6. The maximum absolute atomic E-state index is 5.23. The first-order chi connectivity index (χ1) is 13.7. The van der Waals surface area contributed by atoms with Crippen molar-refractivity contribution in [3.63, 3.8) is 0 Å². The van der Waals surface area contributed by atoms with Crippen molar-refractivity contribution in [2.75, 3.05) is 27.2 Å². The zero-order valence-corrected chi connectivity index (χ0v) is 19.7. The van der Waals surface area contributed by atoms with E-state index in [1.54, 1.807) is 7.11 Å². The third-order valence-electron chi connectivity index (χ3n) is 4.62. The summed E-state index contributed by atoms with van der Waals surface area (Å²) in [5, 5.41) is 3.38. The summed E-state index contributed by atoms with van der Waals surface area (Å²) < 4.78 is 7.42. The largest absolute Gasteiger partial charge is 0.497 e. The fourth-order valence-corrected chi connectivity index (χ4v) is 3.16. The van der Waals surface area contributed by atoms with Crippen molar-refractivity contribution in [2.24, 2.45) is 4.99 Å². The summed E-state index contributed by atoms with van der Waals surface area (Å²) in [6, 6.07) is 16.4. The predicted octanol–water partition coefficient (Wildman–Crippen LogP) is 4.15. The highest BCUT2D eigenvalue weighted by molar-refractivity contribution is 14.0. The molecule has 0 saturated carbocycles. The molecule has 2 aromatic carbocycles. The van der Waals surface area contributed by atoms with Gasteiger partial charge in [-0.05, 0) is 43.2 Å². The molecule has 0 aliphatic rings. The van der Waals surface area contributed by atoms with Crippen molar-refractivity contribution in [1.82, 2.24) is 19.8 Å². The lowest BCUT2D eigenvalue weighted by molar-refractivity contribution is 0.414. The Hall–Kier alpha value is -2.29. The lowest BCUT2D eigenvalue weighted by atomic mass is 10.2. The molecule has 0 aliphatic carbocycles. The van der Waals surface area contributed by atoms with Crippen LogP contribution in [0.4, 0.5) is 0 Å². The van der Waals surface area contributed by atoms with E-state index < -0.39 is 0 Å². The summed E-state index contributed by atoms with van der Waals surface area (Å²) in [4.78, 5) is 11.4. The van der Waals surface area contributed by atoms with Crippen molar-refractivity contribution in [3.8, 4) is 5.75 Å². The summed E-state index contributed by atoms with van der Waals surface area (Å²) in [5.41, 5.74) is 3.44. The van der Waals surface area contributed by atoms with Gasteiger partial charge in [0.15, 0.2) is 5.96 Å². The van der Waals surface area contributed by atoms with E-state index in [0.717, 1.165) is 49.8 Å². The first-order valence-corrected chi connectivity index (χ1v) is 9.73. The number of hydrogen-bond acceptors (Lipinski definition) is 3. The van der Waals surface area contributed by atoms with Crippen LogP contribution in [0.5, 0.6) is 5.75 Å². The number of aryl methyl sites for hydroxylation is 1. The molecule has 3 rings (SSSR count). The van der Waals surface area contributed by atoms with Gasteiger partial charge in [-0.3, -0.25) is 4.99 Å².